The second kappa shape index (κ2) is 8.08. The number of piperidine rings is 1. The maximum absolute atomic E-state index is 13.4. The van der Waals surface area contributed by atoms with Gasteiger partial charge in [-0.05, 0) is 70.9 Å². The van der Waals surface area contributed by atoms with Gasteiger partial charge in [-0.15, -0.1) is 0 Å². The Labute approximate surface area is 190 Å². The molecule has 0 aliphatic carbocycles. The lowest BCUT2D eigenvalue weighted by Crippen LogP contribution is -2.62. The van der Waals surface area contributed by atoms with Crippen LogP contribution in [0.4, 0.5) is 24.5 Å². The highest BCUT2D eigenvalue weighted by Gasteiger charge is 2.38. The minimum atomic E-state index is -4.48. The Balaban J connectivity index is 1.62. The fourth-order valence-electron chi connectivity index (χ4n) is 4.98. The third kappa shape index (κ3) is 4.82. The third-order valence-electron chi connectivity index (χ3n) is 5.83. The lowest BCUT2D eigenvalue weighted by atomic mass is 9.79. The van der Waals surface area contributed by atoms with Crippen molar-refractivity contribution >= 4 is 29.0 Å². The van der Waals surface area contributed by atoms with E-state index in [0.717, 1.165) is 29.9 Å². The molecule has 172 valence electrons. The van der Waals surface area contributed by atoms with Crippen molar-refractivity contribution in [3.63, 3.8) is 0 Å². The van der Waals surface area contributed by atoms with Crippen LogP contribution >= 0.6 is 11.8 Å². The molecule has 4 nitrogen and oxygen atoms in total. The van der Waals surface area contributed by atoms with E-state index in [1.54, 1.807) is 12.1 Å². The Morgan fingerprint density at radius 1 is 1.06 bits per heavy atom. The molecular weight excluding hydrogens is 435 g/mol. The fourth-order valence-corrected chi connectivity index (χ4v) is 6.02. The maximum Gasteiger partial charge on any atom is 0.416 e. The van der Waals surface area contributed by atoms with Gasteiger partial charge in [-0.25, -0.2) is 0 Å². The van der Waals surface area contributed by atoms with E-state index in [1.807, 2.05) is 12.1 Å². The summed E-state index contributed by atoms with van der Waals surface area (Å²) < 4.78 is 40.2. The number of carbonyl (C=O) groups is 1. The van der Waals surface area contributed by atoms with Crippen molar-refractivity contribution < 1.29 is 18.0 Å². The first kappa shape index (κ1) is 23.1. The molecule has 2 aliphatic heterocycles. The number of fused-ring (bicyclic) bond motifs is 2. The second-order valence-electron chi connectivity index (χ2n) is 9.86. The maximum atomic E-state index is 13.4. The molecule has 2 aromatic rings. The van der Waals surface area contributed by atoms with Gasteiger partial charge in [-0.1, -0.05) is 23.9 Å². The molecule has 1 saturated heterocycles. The molecule has 0 saturated carbocycles. The van der Waals surface area contributed by atoms with Crippen molar-refractivity contribution in [3.8, 4) is 0 Å². The number of rotatable bonds is 3. The van der Waals surface area contributed by atoms with Crippen LogP contribution in [-0.2, 0) is 11.0 Å². The highest BCUT2D eigenvalue weighted by atomic mass is 32.2. The van der Waals surface area contributed by atoms with Crippen molar-refractivity contribution in [2.75, 3.05) is 11.4 Å². The quantitative estimate of drug-likeness (QED) is 0.610. The number of para-hydroxylation sites is 1. The number of benzene rings is 2. The molecule has 2 heterocycles. The van der Waals surface area contributed by atoms with E-state index in [0.29, 0.717) is 10.6 Å². The number of nitrogens with zero attached hydrogens (tertiary/aromatic N) is 1. The number of carbonyl (C=O) groups excluding carboxylic acids is 1. The summed E-state index contributed by atoms with van der Waals surface area (Å²) in [7, 11) is 0. The van der Waals surface area contributed by atoms with Crippen LogP contribution in [-0.4, -0.2) is 29.6 Å². The predicted molar refractivity (Wildman–Crippen MR) is 121 cm³/mol. The molecule has 0 radical (unpaired) electrons. The topological polar surface area (TPSA) is 44.4 Å². The lowest BCUT2D eigenvalue weighted by molar-refractivity contribution is -0.137. The van der Waals surface area contributed by atoms with Gasteiger partial charge in [0, 0.05) is 26.9 Å². The summed E-state index contributed by atoms with van der Waals surface area (Å²) in [5, 5.41) is 6.99. The molecule has 0 aromatic heterocycles. The van der Waals surface area contributed by atoms with Crippen LogP contribution in [0.15, 0.2) is 52.3 Å². The molecule has 0 bridgehead atoms. The van der Waals surface area contributed by atoms with Crippen molar-refractivity contribution in [2.45, 2.75) is 73.6 Å². The number of alkyl halides is 3. The van der Waals surface area contributed by atoms with Gasteiger partial charge in [0.05, 0.1) is 23.5 Å². The Bertz CT molecular complexity index is 1020. The normalized spacial score (nSPS) is 19.9. The van der Waals surface area contributed by atoms with E-state index < -0.39 is 11.7 Å². The SMILES string of the molecule is CC1(C)CC(NCC(=O)N2c3ccccc3Sc3ccc(C(F)(F)F)cc32)CC(C)(C)N1. The molecule has 1 fully saturated rings. The van der Waals surface area contributed by atoms with Crippen molar-refractivity contribution in [1.29, 1.82) is 0 Å². The Kier molecular flexibility index (Phi) is 5.84. The highest BCUT2D eigenvalue weighted by Crippen LogP contribution is 2.49. The zero-order chi connectivity index (χ0) is 23.3. The van der Waals surface area contributed by atoms with Crippen molar-refractivity contribution in [1.82, 2.24) is 10.6 Å². The van der Waals surface area contributed by atoms with Gasteiger partial charge in [0.25, 0.3) is 0 Å². The summed E-state index contributed by atoms with van der Waals surface area (Å²) in [6, 6.07) is 11.0. The fraction of sp³-hybridized carbons (Fsp3) is 0.458. The summed E-state index contributed by atoms with van der Waals surface area (Å²) in [6.45, 7) is 8.59. The van der Waals surface area contributed by atoms with Crippen LogP contribution in [0.1, 0.15) is 46.1 Å². The van der Waals surface area contributed by atoms with E-state index >= 15 is 0 Å². The molecule has 2 N–H and O–H groups in total. The highest BCUT2D eigenvalue weighted by molar-refractivity contribution is 7.99. The number of hydrogen-bond donors (Lipinski definition) is 2. The summed E-state index contributed by atoms with van der Waals surface area (Å²) in [6.07, 6.45) is -2.77. The number of amides is 1. The first-order valence-electron chi connectivity index (χ1n) is 10.7. The standard InChI is InChI=1S/C24H28F3N3OS/c1-22(2)12-16(13-23(3,4)29-22)28-14-21(31)30-17-7-5-6-8-19(17)32-20-10-9-15(11-18(20)30)24(25,26)27/h5-11,16,28-29H,12-14H2,1-4H3. The third-order valence-corrected chi connectivity index (χ3v) is 6.97. The van der Waals surface area contributed by atoms with Crippen molar-refractivity contribution in [2.24, 2.45) is 0 Å². The van der Waals surface area contributed by atoms with Crippen LogP contribution in [0.5, 0.6) is 0 Å². The molecule has 2 aromatic carbocycles. The summed E-state index contributed by atoms with van der Waals surface area (Å²) in [5.74, 6) is -0.271. The monoisotopic (exact) mass is 463 g/mol. The summed E-state index contributed by atoms with van der Waals surface area (Å²) in [5.41, 5.74) is -0.0250. The van der Waals surface area contributed by atoms with E-state index in [2.05, 4.69) is 38.3 Å². The van der Waals surface area contributed by atoms with Crippen LogP contribution in [0.25, 0.3) is 0 Å². The average molecular weight is 464 g/mol. The molecule has 0 spiro atoms. The zero-order valence-corrected chi connectivity index (χ0v) is 19.5. The Hall–Kier alpha value is -2.03. The number of nitrogens with one attached hydrogen (secondary N) is 2. The lowest BCUT2D eigenvalue weighted by Gasteiger charge is -2.46. The predicted octanol–water partition coefficient (Wildman–Crippen LogP) is 5.73. The molecule has 1 amide bonds. The van der Waals surface area contributed by atoms with Crippen LogP contribution < -0.4 is 15.5 Å². The molecule has 8 heteroatoms. The summed E-state index contributed by atoms with van der Waals surface area (Å²) >= 11 is 1.38. The second-order valence-corrected chi connectivity index (χ2v) is 10.9. The van der Waals surface area contributed by atoms with Gasteiger partial charge in [0.1, 0.15) is 0 Å². The smallest absolute Gasteiger partial charge is 0.307 e. The average Bonchev–Trinajstić information content (AvgIpc) is 2.66. The van der Waals surface area contributed by atoms with Gasteiger partial charge in [-0.2, -0.15) is 13.2 Å². The van der Waals surface area contributed by atoms with E-state index in [1.165, 1.54) is 22.7 Å². The van der Waals surface area contributed by atoms with Crippen LogP contribution in [0.3, 0.4) is 0 Å². The van der Waals surface area contributed by atoms with Crippen molar-refractivity contribution in [3.05, 3.63) is 48.0 Å². The summed E-state index contributed by atoms with van der Waals surface area (Å²) in [4.78, 5) is 16.3. The first-order chi connectivity index (χ1) is 14.8. The number of anilines is 2. The van der Waals surface area contributed by atoms with E-state index in [4.69, 9.17) is 0 Å². The Morgan fingerprint density at radius 3 is 2.34 bits per heavy atom. The molecule has 4 rings (SSSR count). The minimum absolute atomic E-state index is 0.0471. The molecular formula is C24H28F3N3OS. The number of hydrogen-bond acceptors (Lipinski definition) is 4. The van der Waals surface area contributed by atoms with Crippen LogP contribution in [0, 0.1) is 0 Å². The molecule has 0 atom stereocenters. The van der Waals surface area contributed by atoms with Crippen LogP contribution in [0.2, 0.25) is 0 Å². The first-order valence-corrected chi connectivity index (χ1v) is 11.5. The minimum Gasteiger partial charge on any atom is -0.307 e. The van der Waals surface area contributed by atoms with Gasteiger partial charge in [0.15, 0.2) is 0 Å². The van der Waals surface area contributed by atoms with Gasteiger partial charge < -0.3 is 10.6 Å². The van der Waals surface area contributed by atoms with E-state index in [9.17, 15) is 18.0 Å². The molecule has 32 heavy (non-hydrogen) atoms. The van der Waals surface area contributed by atoms with Gasteiger partial charge >= 0.3 is 6.18 Å². The van der Waals surface area contributed by atoms with E-state index in [-0.39, 0.29) is 35.3 Å². The van der Waals surface area contributed by atoms with Gasteiger partial charge in [-0.3, -0.25) is 9.69 Å². The zero-order valence-electron chi connectivity index (χ0n) is 18.6. The largest absolute Gasteiger partial charge is 0.416 e. The molecule has 0 unspecified atom stereocenters. The van der Waals surface area contributed by atoms with Gasteiger partial charge in [0.2, 0.25) is 5.91 Å². The Morgan fingerprint density at radius 2 is 1.69 bits per heavy atom. The molecule has 2 aliphatic rings. The number of halogens is 3.